The predicted octanol–water partition coefficient (Wildman–Crippen LogP) is 5.56. The molecule has 0 saturated carbocycles. The summed E-state index contributed by atoms with van der Waals surface area (Å²) in [5.74, 6) is 0.188. The molecule has 8 heteroatoms. The first kappa shape index (κ1) is 23.7. The minimum absolute atomic E-state index is 0.185. The Morgan fingerprint density at radius 1 is 0.971 bits per heavy atom. The molecule has 3 aromatic carbocycles. The molecule has 0 spiro atoms. The van der Waals surface area contributed by atoms with Crippen LogP contribution in [0.2, 0.25) is 0 Å². The second-order valence-electron chi connectivity index (χ2n) is 7.89. The molecular formula is C26H27N3O4S. The van der Waals surface area contributed by atoms with Gasteiger partial charge in [0.15, 0.2) is 5.58 Å². The van der Waals surface area contributed by atoms with Gasteiger partial charge in [0.1, 0.15) is 5.52 Å². The molecule has 0 unspecified atom stereocenters. The second-order valence-corrected chi connectivity index (χ2v) is 9.83. The number of fused-ring (bicyclic) bond motifs is 1. The normalized spacial score (nSPS) is 11.7. The molecule has 0 atom stereocenters. The zero-order valence-corrected chi connectivity index (χ0v) is 20.0. The Balaban J connectivity index is 1.44. The van der Waals surface area contributed by atoms with Crippen molar-refractivity contribution in [2.75, 3.05) is 18.4 Å². The molecule has 0 fully saturated rings. The number of unbranched alkanes of at least 4 members (excludes halogenated alkanes) is 1. The maximum atomic E-state index is 12.9. The Bertz CT molecular complexity index is 1340. The number of hydrogen-bond acceptors (Lipinski definition) is 5. The molecule has 4 rings (SSSR count). The third-order valence-corrected chi connectivity index (χ3v) is 7.54. The number of oxazole rings is 1. The lowest BCUT2D eigenvalue weighted by Gasteiger charge is -2.20. The van der Waals surface area contributed by atoms with Crippen molar-refractivity contribution < 1.29 is 17.6 Å². The lowest BCUT2D eigenvalue weighted by atomic mass is 10.2. The van der Waals surface area contributed by atoms with Gasteiger partial charge in [0, 0.05) is 29.9 Å². The summed E-state index contributed by atoms with van der Waals surface area (Å²) in [5, 5.41) is 2.83. The third-order valence-electron chi connectivity index (χ3n) is 5.55. The van der Waals surface area contributed by atoms with Gasteiger partial charge < -0.3 is 9.73 Å². The number of aromatic nitrogens is 1. The van der Waals surface area contributed by atoms with Crippen LogP contribution in [0, 0.1) is 0 Å². The van der Waals surface area contributed by atoms with E-state index >= 15 is 0 Å². The fourth-order valence-corrected chi connectivity index (χ4v) is 5.09. The molecule has 1 N–H and O–H groups in total. The summed E-state index contributed by atoms with van der Waals surface area (Å²) in [5.41, 5.74) is 3.28. The molecule has 1 aromatic heterocycles. The molecule has 0 aliphatic carbocycles. The average Bonchev–Trinajstić information content (AvgIpc) is 3.29. The number of hydrogen-bond donors (Lipinski definition) is 1. The van der Waals surface area contributed by atoms with Crippen molar-refractivity contribution in [1.29, 1.82) is 0 Å². The number of anilines is 1. The Morgan fingerprint density at radius 2 is 1.68 bits per heavy atom. The SMILES string of the molecule is CCCCN(CC)S(=O)(=O)c1ccc(C(=O)Nc2ccc(-c3nc4ccccc4o3)cc2)cc1. The maximum Gasteiger partial charge on any atom is 0.255 e. The number of amides is 1. The van der Waals surface area contributed by atoms with Gasteiger partial charge >= 0.3 is 0 Å². The smallest absolute Gasteiger partial charge is 0.255 e. The van der Waals surface area contributed by atoms with E-state index in [2.05, 4.69) is 10.3 Å². The molecule has 34 heavy (non-hydrogen) atoms. The summed E-state index contributed by atoms with van der Waals surface area (Å²) >= 11 is 0. The van der Waals surface area contributed by atoms with Gasteiger partial charge in [-0.1, -0.05) is 32.4 Å². The highest BCUT2D eigenvalue weighted by molar-refractivity contribution is 7.89. The molecule has 0 radical (unpaired) electrons. The van der Waals surface area contributed by atoms with Gasteiger partial charge in [-0.3, -0.25) is 4.79 Å². The van der Waals surface area contributed by atoms with Crippen LogP contribution >= 0.6 is 0 Å². The van der Waals surface area contributed by atoms with Crippen LogP contribution in [0.1, 0.15) is 37.0 Å². The molecule has 0 bridgehead atoms. The Hall–Kier alpha value is -3.49. The first-order valence-electron chi connectivity index (χ1n) is 11.3. The van der Waals surface area contributed by atoms with Gasteiger partial charge in [0.25, 0.3) is 5.91 Å². The first-order valence-corrected chi connectivity index (χ1v) is 12.7. The van der Waals surface area contributed by atoms with E-state index in [1.165, 1.54) is 28.6 Å². The van der Waals surface area contributed by atoms with Crippen molar-refractivity contribution >= 4 is 32.7 Å². The van der Waals surface area contributed by atoms with E-state index < -0.39 is 10.0 Å². The summed E-state index contributed by atoms with van der Waals surface area (Å²) in [7, 11) is -3.58. The van der Waals surface area contributed by atoms with Crippen LogP contribution in [-0.4, -0.2) is 36.7 Å². The number of nitrogens with zero attached hydrogens (tertiary/aromatic N) is 2. The highest BCUT2D eigenvalue weighted by atomic mass is 32.2. The minimum Gasteiger partial charge on any atom is -0.436 e. The van der Waals surface area contributed by atoms with Crippen molar-refractivity contribution in [3.8, 4) is 11.5 Å². The van der Waals surface area contributed by atoms with Crippen LogP contribution in [0.25, 0.3) is 22.6 Å². The standard InChI is InChI=1S/C26H27N3O4S/c1-3-5-18-29(4-2)34(31,32)22-16-12-19(13-17-22)25(30)27-21-14-10-20(11-15-21)26-28-23-8-6-7-9-24(23)33-26/h6-17H,3-5,18H2,1-2H3,(H,27,30). The van der Waals surface area contributed by atoms with Gasteiger partial charge in [0.05, 0.1) is 4.90 Å². The summed E-state index contributed by atoms with van der Waals surface area (Å²) in [6.07, 6.45) is 1.72. The van der Waals surface area contributed by atoms with E-state index in [9.17, 15) is 13.2 Å². The van der Waals surface area contributed by atoms with Gasteiger partial charge in [-0.15, -0.1) is 0 Å². The zero-order chi connectivity index (χ0) is 24.1. The summed E-state index contributed by atoms with van der Waals surface area (Å²) in [4.78, 5) is 17.3. The number of nitrogens with one attached hydrogen (secondary N) is 1. The number of para-hydroxylation sites is 2. The van der Waals surface area contributed by atoms with Crippen molar-refractivity contribution in [2.24, 2.45) is 0 Å². The van der Waals surface area contributed by atoms with Gasteiger partial charge in [-0.25, -0.2) is 13.4 Å². The lowest BCUT2D eigenvalue weighted by Crippen LogP contribution is -2.31. The number of carbonyl (C=O) groups excluding carboxylic acids is 1. The minimum atomic E-state index is -3.58. The predicted molar refractivity (Wildman–Crippen MR) is 133 cm³/mol. The topological polar surface area (TPSA) is 92.5 Å². The van der Waals surface area contributed by atoms with E-state index in [1.54, 1.807) is 12.1 Å². The van der Waals surface area contributed by atoms with Crippen molar-refractivity contribution in [2.45, 2.75) is 31.6 Å². The van der Waals surface area contributed by atoms with Crippen LogP contribution in [0.5, 0.6) is 0 Å². The van der Waals surface area contributed by atoms with E-state index in [0.717, 1.165) is 23.9 Å². The van der Waals surface area contributed by atoms with Crippen LogP contribution in [0.15, 0.2) is 82.1 Å². The molecule has 7 nitrogen and oxygen atoms in total. The van der Waals surface area contributed by atoms with Gasteiger partial charge in [-0.2, -0.15) is 4.31 Å². The summed E-state index contributed by atoms with van der Waals surface area (Å²) in [6, 6.07) is 20.8. The molecule has 1 heterocycles. The van der Waals surface area contributed by atoms with E-state index in [0.29, 0.717) is 35.8 Å². The number of carbonyl (C=O) groups is 1. The summed E-state index contributed by atoms with van der Waals surface area (Å²) in [6.45, 7) is 4.74. The monoisotopic (exact) mass is 477 g/mol. The molecule has 176 valence electrons. The van der Waals surface area contributed by atoms with Gasteiger partial charge in [-0.05, 0) is 67.1 Å². The van der Waals surface area contributed by atoms with E-state index in [1.807, 2.05) is 50.2 Å². The zero-order valence-electron chi connectivity index (χ0n) is 19.2. The molecule has 0 aliphatic rings. The van der Waals surface area contributed by atoms with E-state index in [4.69, 9.17) is 4.42 Å². The lowest BCUT2D eigenvalue weighted by molar-refractivity contribution is 0.102. The highest BCUT2D eigenvalue weighted by Gasteiger charge is 2.22. The summed E-state index contributed by atoms with van der Waals surface area (Å²) < 4.78 is 33.0. The largest absolute Gasteiger partial charge is 0.436 e. The number of rotatable bonds is 9. The fraction of sp³-hybridized carbons (Fsp3) is 0.231. The average molecular weight is 478 g/mol. The Kier molecular flexibility index (Phi) is 7.09. The fourth-order valence-electron chi connectivity index (χ4n) is 3.61. The van der Waals surface area contributed by atoms with Crippen LogP contribution < -0.4 is 5.32 Å². The van der Waals surface area contributed by atoms with E-state index in [-0.39, 0.29) is 10.8 Å². The molecule has 0 aliphatic heterocycles. The second kappa shape index (κ2) is 10.2. The quantitative estimate of drug-likeness (QED) is 0.341. The van der Waals surface area contributed by atoms with Crippen LogP contribution in [-0.2, 0) is 10.0 Å². The molecule has 0 saturated heterocycles. The third kappa shape index (κ3) is 5.03. The van der Waals surface area contributed by atoms with Gasteiger partial charge in [0.2, 0.25) is 15.9 Å². The first-order chi connectivity index (χ1) is 16.4. The molecule has 1 amide bonds. The van der Waals surface area contributed by atoms with Crippen molar-refractivity contribution in [3.63, 3.8) is 0 Å². The van der Waals surface area contributed by atoms with Crippen LogP contribution in [0.3, 0.4) is 0 Å². The number of benzene rings is 3. The Labute approximate surface area is 199 Å². The highest BCUT2D eigenvalue weighted by Crippen LogP contribution is 2.25. The molecule has 4 aromatic rings. The van der Waals surface area contributed by atoms with Crippen molar-refractivity contribution in [3.05, 3.63) is 78.4 Å². The Morgan fingerprint density at radius 3 is 2.32 bits per heavy atom. The number of sulfonamides is 1. The van der Waals surface area contributed by atoms with Crippen molar-refractivity contribution in [1.82, 2.24) is 9.29 Å². The maximum absolute atomic E-state index is 12.9. The molecular weight excluding hydrogens is 450 g/mol. The van der Waals surface area contributed by atoms with Crippen LogP contribution in [0.4, 0.5) is 5.69 Å².